The summed E-state index contributed by atoms with van der Waals surface area (Å²) in [6.45, 7) is 0. The van der Waals surface area contributed by atoms with E-state index in [-0.39, 0.29) is 0 Å². The molecule has 0 N–H and O–H groups in total. The van der Waals surface area contributed by atoms with E-state index >= 15 is 0 Å². The molecule has 0 unspecified atom stereocenters. The Labute approximate surface area is 282 Å². The molecule has 0 aliphatic rings. The van der Waals surface area contributed by atoms with Crippen molar-refractivity contribution in [3.05, 3.63) is 170 Å². The Hall–Kier alpha value is -6.44. The number of fused-ring (bicyclic) bond motifs is 6. The predicted molar refractivity (Wildman–Crippen MR) is 209 cm³/mol. The molecule has 0 bridgehead atoms. The zero-order chi connectivity index (χ0) is 32.1. The van der Waals surface area contributed by atoms with E-state index in [0.29, 0.717) is 0 Å². The van der Waals surface area contributed by atoms with Crippen molar-refractivity contribution in [1.29, 1.82) is 0 Å². The summed E-state index contributed by atoms with van der Waals surface area (Å²) in [7, 11) is 0. The van der Waals surface area contributed by atoms with E-state index in [1.54, 1.807) is 0 Å². The Morgan fingerprint density at radius 1 is 0.265 bits per heavy atom. The van der Waals surface area contributed by atoms with Gasteiger partial charge in [-0.3, -0.25) is 0 Å². The zero-order valence-electron chi connectivity index (χ0n) is 26.6. The monoisotopic (exact) mass is 620 g/mol. The van der Waals surface area contributed by atoms with Crippen LogP contribution < -0.4 is 0 Å². The van der Waals surface area contributed by atoms with Gasteiger partial charge in [-0.05, 0) is 118 Å². The first-order valence-electron chi connectivity index (χ1n) is 16.9. The molecule has 0 atom stereocenters. The summed E-state index contributed by atoms with van der Waals surface area (Å²) in [6, 6.07) is 62.1. The third-order valence-corrected chi connectivity index (χ3v) is 10.6. The van der Waals surface area contributed by atoms with Gasteiger partial charge in [-0.15, -0.1) is 0 Å². The highest BCUT2D eigenvalue weighted by Gasteiger charge is 2.17. The van der Waals surface area contributed by atoms with E-state index in [0.717, 1.165) is 21.9 Å². The third kappa shape index (κ3) is 3.87. The van der Waals surface area contributed by atoms with E-state index in [9.17, 15) is 0 Å². The Kier molecular flexibility index (Phi) is 5.45. The van der Waals surface area contributed by atoms with Gasteiger partial charge in [0.25, 0.3) is 0 Å². The van der Waals surface area contributed by atoms with Crippen LogP contribution in [-0.4, -0.2) is 0 Å². The molecule has 0 amide bonds. The molecule has 0 fully saturated rings. The fourth-order valence-electron chi connectivity index (χ4n) is 8.33. The maximum atomic E-state index is 6.43. The highest BCUT2D eigenvalue weighted by atomic mass is 16.3. The number of rotatable bonds is 3. The van der Waals surface area contributed by atoms with Gasteiger partial charge < -0.3 is 4.42 Å². The Balaban J connectivity index is 1.12. The molecule has 0 aliphatic heterocycles. The number of hydrogen-bond donors (Lipinski definition) is 0. The fourth-order valence-corrected chi connectivity index (χ4v) is 8.33. The van der Waals surface area contributed by atoms with Gasteiger partial charge in [-0.25, -0.2) is 0 Å². The fraction of sp³-hybridized carbons (Fsp3) is 0. The van der Waals surface area contributed by atoms with Crippen LogP contribution in [0.2, 0.25) is 0 Å². The third-order valence-electron chi connectivity index (χ3n) is 10.6. The van der Waals surface area contributed by atoms with Crippen LogP contribution >= 0.6 is 0 Å². The van der Waals surface area contributed by atoms with Gasteiger partial charge in [-0.2, -0.15) is 0 Å². The summed E-state index contributed by atoms with van der Waals surface area (Å²) in [5, 5.41) is 15.1. The summed E-state index contributed by atoms with van der Waals surface area (Å²) >= 11 is 0. The van der Waals surface area contributed by atoms with Crippen molar-refractivity contribution in [2.24, 2.45) is 0 Å². The summed E-state index contributed by atoms with van der Waals surface area (Å²) < 4.78 is 6.43. The molecule has 1 heteroatoms. The first-order valence-corrected chi connectivity index (χ1v) is 16.9. The van der Waals surface area contributed by atoms with Gasteiger partial charge in [-0.1, -0.05) is 140 Å². The lowest BCUT2D eigenvalue weighted by atomic mass is 9.87. The van der Waals surface area contributed by atoms with Crippen molar-refractivity contribution in [3.63, 3.8) is 0 Å². The minimum Gasteiger partial charge on any atom is -0.456 e. The largest absolute Gasteiger partial charge is 0.456 e. The van der Waals surface area contributed by atoms with Gasteiger partial charge >= 0.3 is 0 Å². The quantitative estimate of drug-likeness (QED) is 0.179. The van der Waals surface area contributed by atoms with Crippen LogP contribution in [0.3, 0.4) is 0 Å². The second-order valence-corrected chi connectivity index (χ2v) is 13.2. The molecule has 0 aliphatic carbocycles. The minimum absolute atomic E-state index is 0.907. The smallest absolute Gasteiger partial charge is 0.135 e. The second-order valence-electron chi connectivity index (χ2n) is 13.2. The van der Waals surface area contributed by atoms with Crippen molar-refractivity contribution in [1.82, 2.24) is 0 Å². The molecule has 0 saturated heterocycles. The van der Waals surface area contributed by atoms with Crippen LogP contribution in [0, 0.1) is 0 Å². The van der Waals surface area contributed by atoms with Gasteiger partial charge in [0.2, 0.25) is 0 Å². The Morgan fingerprint density at radius 3 is 1.47 bits per heavy atom. The summed E-state index contributed by atoms with van der Waals surface area (Å²) in [5.74, 6) is 0. The summed E-state index contributed by atoms with van der Waals surface area (Å²) in [4.78, 5) is 0. The normalized spacial score (nSPS) is 12.1. The van der Waals surface area contributed by atoms with E-state index < -0.39 is 0 Å². The Bertz CT molecular complexity index is 3090. The molecule has 10 aromatic carbocycles. The first-order chi connectivity index (χ1) is 24.3. The second kappa shape index (κ2) is 10.0. The van der Waals surface area contributed by atoms with Gasteiger partial charge in [0, 0.05) is 10.8 Å². The SMILES string of the molecule is c1ccc(-c2ccc3ccc4c(-c5ccc6oc7ccc(-c8cc9ccccc9c9ccccc89)cc7c6c5)ccc5ccc2c3c54)cc1. The van der Waals surface area contributed by atoms with Crippen molar-refractivity contribution >= 4 is 75.8 Å². The average molecular weight is 621 g/mol. The highest BCUT2D eigenvalue weighted by molar-refractivity contribution is 6.28. The van der Waals surface area contributed by atoms with Crippen molar-refractivity contribution in [2.75, 3.05) is 0 Å². The lowest BCUT2D eigenvalue weighted by Crippen LogP contribution is -1.89. The van der Waals surface area contributed by atoms with Crippen LogP contribution in [0.1, 0.15) is 0 Å². The van der Waals surface area contributed by atoms with E-state index in [4.69, 9.17) is 4.42 Å². The molecule has 0 saturated carbocycles. The molecule has 1 aromatic heterocycles. The van der Waals surface area contributed by atoms with Gasteiger partial charge in [0.05, 0.1) is 0 Å². The lowest BCUT2D eigenvalue weighted by molar-refractivity contribution is 0.669. The number of benzene rings is 10. The zero-order valence-corrected chi connectivity index (χ0v) is 26.6. The van der Waals surface area contributed by atoms with Crippen molar-refractivity contribution in [2.45, 2.75) is 0 Å². The molecule has 49 heavy (non-hydrogen) atoms. The first kappa shape index (κ1) is 26.6. The van der Waals surface area contributed by atoms with Crippen LogP contribution in [0.5, 0.6) is 0 Å². The number of hydrogen-bond acceptors (Lipinski definition) is 1. The minimum atomic E-state index is 0.907. The molecule has 11 rings (SSSR count). The topological polar surface area (TPSA) is 13.1 Å². The van der Waals surface area contributed by atoms with E-state index in [1.165, 1.54) is 87.2 Å². The standard InChI is InChI=1S/C48H28O/c1-2-8-29(9-3-1)36-20-14-30-17-23-41-37(21-15-31-16-22-40(36)47(30)48(31)41)33-18-24-45-43(27-33)44-28-34(19-25-46(44)49-45)42-26-32-10-4-5-11-35(32)38-12-6-7-13-39(38)42/h1-28H. The molecular weight excluding hydrogens is 593 g/mol. The van der Waals surface area contributed by atoms with E-state index in [2.05, 4.69) is 170 Å². The summed E-state index contributed by atoms with van der Waals surface area (Å²) in [5.41, 5.74) is 9.19. The predicted octanol–water partition coefficient (Wildman–Crippen LogP) is 13.8. The maximum absolute atomic E-state index is 6.43. The van der Waals surface area contributed by atoms with E-state index in [1.807, 2.05) is 0 Å². The molecule has 1 nitrogen and oxygen atoms in total. The highest BCUT2D eigenvalue weighted by Crippen LogP contribution is 2.44. The van der Waals surface area contributed by atoms with Crippen LogP contribution in [-0.2, 0) is 0 Å². The van der Waals surface area contributed by atoms with Crippen LogP contribution in [0.15, 0.2) is 174 Å². The molecule has 226 valence electrons. The molecule has 1 heterocycles. The van der Waals surface area contributed by atoms with Crippen LogP contribution in [0.25, 0.3) is 109 Å². The lowest BCUT2D eigenvalue weighted by Gasteiger charge is -2.16. The molecule has 11 aromatic rings. The van der Waals surface area contributed by atoms with Crippen LogP contribution in [0.4, 0.5) is 0 Å². The van der Waals surface area contributed by atoms with Crippen molar-refractivity contribution < 1.29 is 4.42 Å². The maximum Gasteiger partial charge on any atom is 0.135 e. The van der Waals surface area contributed by atoms with Gasteiger partial charge in [0.15, 0.2) is 0 Å². The average Bonchev–Trinajstić information content (AvgIpc) is 3.54. The van der Waals surface area contributed by atoms with Crippen molar-refractivity contribution in [3.8, 4) is 33.4 Å². The molecule has 0 radical (unpaired) electrons. The molecule has 0 spiro atoms. The van der Waals surface area contributed by atoms with Gasteiger partial charge in [0.1, 0.15) is 11.2 Å². The molecular formula is C48H28O. The summed E-state index contributed by atoms with van der Waals surface area (Å²) in [6.07, 6.45) is 0. The number of furan rings is 1. The Morgan fingerprint density at radius 2 is 0.796 bits per heavy atom.